The summed E-state index contributed by atoms with van der Waals surface area (Å²) in [4.78, 5) is 0. The summed E-state index contributed by atoms with van der Waals surface area (Å²) in [6, 6.07) is 31.9. The second-order valence-electron chi connectivity index (χ2n) is 7.99. The number of rotatable bonds is 7. The predicted octanol–water partition coefficient (Wildman–Crippen LogP) is 7.48. The Balaban J connectivity index is 1.85. The summed E-state index contributed by atoms with van der Waals surface area (Å²) in [7, 11) is 0. The molecular weight excluding hydrogens is 352 g/mol. The Morgan fingerprint density at radius 2 is 1.17 bits per heavy atom. The van der Waals surface area contributed by atoms with Crippen molar-refractivity contribution in [3.05, 3.63) is 120 Å². The average molecular weight is 383 g/mol. The van der Waals surface area contributed by atoms with Crippen molar-refractivity contribution in [2.45, 2.75) is 44.6 Å². The van der Waals surface area contributed by atoms with Crippen molar-refractivity contribution >= 4 is 0 Å². The molecule has 1 aliphatic rings. The fourth-order valence-corrected chi connectivity index (χ4v) is 4.61. The van der Waals surface area contributed by atoms with E-state index in [4.69, 9.17) is 4.74 Å². The minimum atomic E-state index is -0.662. The van der Waals surface area contributed by atoms with Crippen molar-refractivity contribution in [3.8, 4) is 0 Å². The minimum absolute atomic E-state index is 0.662. The van der Waals surface area contributed by atoms with E-state index in [9.17, 15) is 0 Å². The molecule has 1 fully saturated rings. The predicted molar refractivity (Wildman–Crippen MR) is 121 cm³/mol. The molecule has 0 saturated heterocycles. The van der Waals surface area contributed by atoms with Gasteiger partial charge in [0.2, 0.25) is 0 Å². The highest BCUT2D eigenvalue weighted by Gasteiger charge is 2.39. The monoisotopic (exact) mass is 382 g/mol. The molecule has 4 rings (SSSR count). The van der Waals surface area contributed by atoms with E-state index < -0.39 is 5.60 Å². The van der Waals surface area contributed by atoms with Gasteiger partial charge in [0.15, 0.2) is 5.60 Å². The number of hydrogen-bond acceptors (Lipinski definition) is 1. The van der Waals surface area contributed by atoms with Gasteiger partial charge in [0.05, 0.1) is 5.76 Å². The largest absolute Gasteiger partial charge is 0.478 e. The number of hydrogen-bond donors (Lipinski definition) is 0. The number of ether oxygens (including phenoxy) is 1. The maximum absolute atomic E-state index is 7.07. The molecule has 1 aliphatic carbocycles. The van der Waals surface area contributed by atoms with Gasteiger partial charge in [0.1, 0.15) is 0 Å². The van der Waals surface area contributed by atoms with Gasteiger partial charge in [-0.3, -0.25) is 0 Å². The third-order valence-corrected chi connectivity index (χ3v) is 6.11. The molecule has 0 heterocycles. The Hall–Kier alpha value is -2.80. The van der Waals surface area contributed by atoms with E-state index in [2.05, 4.69) is 104 Å². The van der Waals surface area contributed by atoms with E-state index in [0.717, 1.165) is 34.8 Å². The molecule has 0 spiro atoms. The molecule has 0 unspecified atom stereocenters. The molecule has 29 heavy (non-hydrogen) atoms. The van der Waals surface area contributed by atoms with Crippen LogP contribution in [0.25, 0.3) is 0 Å². The fourth-order valence-electron chi connectivity index (χ4n) is 4.61. The van der Waals surface area contributed by atoms with E-state index >= 15 is 0 Å². The maximum atomic E-state index is 7.07. The zero-order valence-electron chi connectivity index (χ0n) is 17.3. The van der Waals surface area contributed by atoms with Gasteiger partial charge in [-0.15, -0.1) is 0 Å². The van der Waals surface area contributed by atoms with Crippen LogP contribution in [0.5, 0.6) is 0 Å². The van der Waals surface area contributed by atoms with Gasteiger partial charge in [-0.2, -0.15) is 0 Å². The van der Waals surface area contributed by atoms with Gasteiger partial charge < -0.3 is 4.74 Å². The van der Waals surface area contributed by atoms with Crippen molar-refractivity contribution in [1.29, 1.82) is 0 Å². The number of allylic oxidation sites excluding steroid dienone is 2. The zero-order valence-corrected chi connectivity index (χ0v) is 17.3. The Morgan fingerprint density at radius 3 is 1.55 bits per heavy atom. The van der Waals surface area contributed by atoms with Crippen molar-refractivity contribution in [3.63, 3.8) is 0 Å². The molecule has 0 aliphatic heterocycles. The highest BCUT2D eigenvalue weighted by Crippen LogP contribution is 2.43. The normalized spacial score (nSPS) is 15.4. The molecule has 1 saturated carbocycles. The zero-order chi connectivity index (χ0) is 19.9. The highest BCUT2D eigenvalue weighted by atomic mass is 16.5. The van der Waals surface area contributed by atoms with Crippen LogP contribution in [0.15, 0.2) is 103 Å². The molecule has 3 aromatic carbocycles. The second kappa shape index (κ2) is 9.13. The molecule has 3 aromatic rings. The van der Waals surface area contributed by atoms with Crippen molar-refractivity contribution < 1.29 is 4.74 Å². The van der Waals surface area contributed by atoms with Crippen molar-refractivity contribution in [2.24, 2.45) is 5.92 Å². The highest BCUT2D eigenvalue weighted by molar-refractivity contribution is 5.48. The van der Waals surface area contributed by atoms with Crippen LogP contribution in [0.4, 0.5) is 0 Å². The Kier molecular flexibility index (Phi) is 6.14. The first kappa shape index (κ1) is 19.5. The van der Waals surface area contributed by atoms with E-state index in [1.165, 1.54) is 25.7 Å². The lowest BCUT2D eigenvalue weighted by Crippen LogP contribution is -2.33. The van der Waals surface area contributed by atoms with Crippen LogP contribution >= 0.6 is 0 Å². The first-order chi connectivity index (χ1) is 14.3. The van der Waals surface area contributed by atoms with E-state index in [-0.39, 0.29) is 0 Å². The molecule has 0 aromatic heterocycles. The van der Waals surface area contributed by atoms with Crippen LogP contribution in [0.1, 0.15) is 55.7 Å². The summed E-state index contributed by atoms with van der Waals surface area (Å²) >= 11 is 0. The maximum Gasteiger partial charge on any atom is 0.184 e. The first-order valence-electron chi connectivity index (χ1n) is 10.8. The van der Waals surface area contributed by atoms with Crippen molar-refractivity contribution in [2.75, 3.05) is 0 Å². The lowest BCUT2D eigenvalue weighted by Gasteiger charge is -2.37. The van der Waals surface area contributed by atoms with Crippen molar-refractivity contribution in [1.82, 2.24) is 0 Å². The molecule has 1 nitrogen and oxygen atoms in total. The molecule has 148 valence electrons. The standard InChI is InChI=1S/C28H30O/c1-2-27(22-23-14-12-13-15-23)29-28(24-16-6-3-7-17-24,25-18-8-4-9-19-25)26-20-10-5-11-21-26/h2-11,16-21,23H,12-15,22H2,1H3. The molecule has 0 amide bonds. The topological polar surface area (TPSA) is 9.23 Å². The summed E-state index contributed by atoms with van der Waals surface area (Å²) in [5.74, 6) is 1.83. The third-order valence-electron chi connectivity index (χ3n) is 6.11. The molecule has 0 N–H and O–H groups in total. The molecule has 0 radical (unpaired) electrons. The van der Waals surface area contributed by atoms with Crippen LogP contribution in [0, 0.1) is 5.92 Å². The van der Waals surface area contributed by atoms with E-state index in [0.29, 0.717) is 0 Å². The minimum Gasteiger partial charge on any atom is -0.478 e. The summed E-state index contributed by atoms with van der Waals surface area (Å²) in [5.41, 5.74) is 2.80. The van der Waals surface area contributed by atoms with Gasteiger partial charge in [-0.1, -0.05) is 117 Å². The average Bonchev–Trinajstić information content (AvgIpc) is 3.31. The summed E-state index contributed by atoms with van der Waals surface area (Å²) in [6.07, 6.45) is 8.52. The fraction of sp³-hybridized carbons (Fsp3) is 0.286. The van der Waals surface area contributed by atoms with Crippen LogP contribution in [0.3, 0.4) is 0 Å². The summed E-state index contributed by atoms with van der Waals surface area (Å²) in [6.45, 7) is 2.11. The Morgan fingerprint density at radius 1 is 0.759 bits per heavy atom. The Bertz CT molecular complexity index is 810. The molecule has 1 heteroatoms. The molecule has 0 atom stereocenters. The van der Waals surface area contributed by atoms with Crippen LogP contribution in [-0.4, -0.2) is 0 Å². The lowest BCUT2D eigenvalue weighted by molar-refractivity contribution is 0.0606. The van der Waals surface area contributed by atoms with Gasteiger partial charge in [-0.25, -0.2) is 0 Å². The SMILES string of the molecule is CC=C(CC1CCCC1)OC(c1ccccc1)(c1ccccc1)c1ccccc1. The molecule has 0 bridgehead atoms. The first-order valence-corrected chi connectivity index (χ1v) is 10.8. The molecular formula is C28H30O. The lowest BCUT2D eigenvalue weighted by atomic mass is 9.80. The smallest absolute Gasteiger partial charge is 0.184 e. The third kappa shape index (κ3) is 4.15. The van der Waals surface area contributed by atoms with Crippen LogP contribution < -0.4 is 0 Å². The van der Waals surface area contributed by atoms with E-state index in [1.54, 1.807) is 0 Å². The van der Waals surface area contributed by atoms with Gasteiger partial charge in [0.25, 0.3) is 0 Å². The summed E-state index contributed by atoms with van der Waals surface area (Å²) < 4.78 is 7.07. The van der Waals surface area contributed by atoms with Gasteiger partial charge >= 0.3 is 0 Å². The second-order valence-corrected chi connectivity index (χ2v) is 7.99. The van der Waals surface area contributed by atoms with E-state index in [1.807, 2.05) is 0 Å². The van der Waals surface area contributed by atoms with Crippen LogP contribution in [-0.2, 0) is 10.3 Å². The van der Waals surface area contributed by atoms with Gasteiger partial charge in [-0.05, 0) is 18.9 Å². The Labute approximate surface area is 175 Å². The van der Waals surface area contributed by atoms with Crippen LogP contribution in [0.2, 0.25) is 0 Å². The quantitative estimate of drug-likeness (QED) is 0.304. The number of benzene rings is 3. The van der Waals surface area contributed by atoms with Gasteiger partial charge in [0, 0.05) is 23.1 Å². The summed E-state index contributed by atoms with van der Waals surface area (Å²) in [5, 5.41) is 0.